The molecule has 6 heteroatoms. The standard InChI is InChI=1S/C16H11ClF2N2S/c17-13-2-1-3-14(19)12(13)9-22-16-20-8-15(21-16)10-4-6-11(18)7-5-10/h1-8H,9H2,(H,20,21). The Morgan fingerprint density at radius 2 is 1.86 bits per heavy atom. The van der Waals surface area contributed by atoms with Gasteiger partial charge in [0.15, 0.2) is 5.16 Å². The SMILES string of the molecule is Fc1ccc(-c2cnc(SCc3c(F)cccc3Cl)[nH]2)cc1. The zero-order valence-electron chi connectivity index (χ0n) is 11.3. The second kappa shape index (κ2) is 6.50. The summed E-state index contributed by atoms with van der Waals surface area (Å²) >= 11 is 7.35. The molecule has 1 heterocycles. The zero-order chi connectivity index (χ0) is 15.5. The lowest BCUT2D eigenvalue weighted by Gasteiger charge is -2.04. The van der Waals surface area contributed by atoms with Crippen molar-refractivity contribution in [1.29, 1.82) is 0 Å². The quantitative estimate of drug-likeness (QED) is 0.655. The van der Waals surface area contributed by atoms with Crippen molar-refractivity contribution in [3.05, 3.63) is 70.9 Å². The Hall–Kier alpha value is -1.85. The van der Waals surface area contributed by atoms with Gasteiger partial charge >= 0.3 is 0 Å². The maximum absolute atomic E-state index is 13.7. The summed E-state index contributed by atoms with van der Waals surface area (Å²) in [6, 6.07) is 10.7. The van der Waals surface area contributed by atoms with Crippen molar-refractivity contribution >= 4 is 23.4 Å². The smallest absolute Gasteiger partial charge is 0.166 e. The number of hydrogen-bond acceptors (Lipinski definition) is 2. The predicted molar refractivity (Wildman–Crippen MR) is 85.0 cm³/mol. The molecule has 0 aliphatic carbocycles. The molecule has 2 aromatic carbocycles. The number of H-pyrrole nitrogens is 1. The Morgan fingerprint density at radius 1 is 1.09 bits per heavy atom. The number of thioether (sulfide) groups is 1. The second-order valence-corrected chi connectivity index (χ2v) is 5.97. The van der Waals surface area contributed by atoms with Gasteiger partial charge in [0.25, 0.3) is 0 Å². The first kappa shape index (κ1) is 15.1. The van der Waals surface area contributed by atoms with Crippen molar-refractivity contribution in [3.8, 4) is 11.3 Å². The summed E-state index contributed by atoms with van der Waals surface area (Å²) in [6.07, 6.45) is 1.67. The maximum Gasteiger partial charge on any atom is 0.166 e. The number of aromatic nitrogens is 2. The highest BCUT2D eigenvalue weighted by molar-refractivity contribution is 7.98. The van der Waals surface area contributed by atoms with E-state index in [1.807, 2.05) is 0 Å². The van der Waals surface area contributed by atoms with Gasteiger partial charge in [-0.25, -0.2) is 13.8 Å². The van der Waals surface area contributed by atoms with Gasteiger partial charge in [-0.15, -0.1) is 0 Å². The summed E-state index contributed by atoms with van der Waals surface area (Å²) in [5, 5.41) is 1.05. The van der Waals surface area contributed by atoms with Crippen LogP contribution in [-0.2, 0) is 5.75 Å². The Labute approximate surface area is 135 Å². The van der Waals surface area contributed by atoms with Crippen LogP contribution in [0.25, 0.3) is 11.3 Å². The first-order valence-corrected chi connectivity index (χ1v) is 7.86. The van der Waals surface area contributed by atoms with Gasteiger partial charge in [-0.1, -0.05) is 29.4 Å². The van der Waals surface area contributed by atoms with Crippen LogP contribution in [0.1, 0.15) is 5.56 Å². The number of benzene rings is 2. The van der Waals surface area contributed by atoms with Crippen LogP contribution in [0.3, 0.4) is 0 Å². The van der Waals surface area contributed by atoms with E-state index < -0.39 is 0 Å². The molecular formula is C16H11ClF2N2S. The summed E-state index contributed by atoms with van der Waals surface area (Å²) in [6.45, 7) is 0. The first-order valence-electron chi connectivity index (χ1n) is 6.50. The minimum atomic E-state index is -0.328. The fourth-order valence-electron chi connectivity index (χ4n) is 1.96. The molecule has 3 aromatic rings. The van der Waals surface area contributed by atoms with Crippen molar-refractivity contribution in [2.45, 2.75) is 10.9 Å². The summed E-state index contributed by atoms with van der Waals surface area (Å²) in [5.74, 6) is -0.237. The Kier molecular flexibility index (Phi) is 4.45. The molecule has 0 spiro atoms. The van der Waals surface area contributed by atoms with E-state index >= 15 is 0 Å². The van der Waals surface area contributed by atoms with E-state index in [9.17, 15) is 8.78 Å². The second-order valence-electron chi connectivity index (χ2n) is 4.60. The molecule has 2 nitrogen and oxygen atoms in total. The molecule has 0 atom stereocenters. The van der Waals surface area contributed by atoms with Gasteiger partial charge in [-0.2, -0.15) is 0 Å². The molecule has 112 valence electrons. The molecule has 22 heavy (non-hydrogen) atoms. The molecule has 1 aromatic heterocycles. The number of nitrogens with zero attached hydrogens (tertiary/aromatic N) is 1. The number of halogens is 3. The van der Waals surface area contributed by atoms with Gasteiger partial charge in [-0.05, 0) is 42.0 Å². The van der Waals surface area contributed by atoms with Crippen molar-refractivity contribution in [2.75, 3.05) is 0 Å². The van der Waals surface area contributed by atoms with E-state index in [-0.39, 0.29) is 11.6 Å². The van der Waals surface area contributed by atoms with Crippen LogP contribution in [0, 0.1) is 11.6 Å². The average Bonchev–Trinajstić information content (AvgIpc) is 2.96. The van der Waals surface area contributed by atoms with E-state index in [0.717, 1.165) is 11.3 Å². The van der Waals surface area contributed by atoms with Gasteiger partial charge in [-0.3, -0.25) is 0 Å². The molecule has 0 saturated heterocycles. The van der Waals surface area contributed by atoms with E-state index in [0.29, 0.717) is 21.5 Å². The molecule has 0 amide bonds. The molecule has 0 bridgehead atoms. The number of imidazole rings is 1. The van der Waals surface area contributed by atoms with Gasteiger partial charge in [0.1, 0.15) is 11.6 Å². The molecule has 0 aliphatic heterocycles. The van der Waals surface area contributed by atoms with E-state index in [1.165, 1.54) is 30.0 Å². The summed E-state index contributed by atoms with van der Waals surface area (Å²) in [4.78, 5) is 7.36. The van der Waals surface area contributed by atoms with Gasteiger partial charge in [0, 0.05) is 16.3 Å². The lowest BCUT2D eigenvalue weighted by Crippen LogP contribution is -1.89. The Balaban J connectivity index is 1.73. The largest absolute Gasteiger partial charge is 0.333 e. The van der Waals surface area contributed by atoms with Crippen LogP contribution in [0.15, 0.2) is 53.8 Å². The maximum atomic E-state index is 13.7. The first-order chi connectivity index (χ1) is 10.6. The third-order valence-corrected chi connectivity index (χ3v) is 4.39. The lowest BCUT2D eigenvalue weighted by molar-refractivity contribution is 0.617. The van der Waals surface area contributed by atoms with Crippen LogP contribution >= 0.6 is 23.4 Å². The van der Waals surface area contributed by atoms with Crippen LogP contribution in [-0.4, -0.2) is 9.97 Å². The van der Waals surface area contributed by atoms with Crippen LogP contribution in [0.2, 0.25) is 5.02 Å². The Bertz CT molecular complexity index is 767. The predicted octanol–water partition coefficient (Wildman–Crippen LogP) is 5.30. The molecule has 0 radical (unpaired) electrons. The van der Waals surface area contributed by atoms with Gasteiger partial charge in [0.05, 0.1) is 11.9 Å². The summed E-state index contributed by atoms with van der Waals surface area (Å²) < 4.78 is 26.6. The minimum absolute atomic E-state index is 0.285. The van der Waals surface area contributed by atoms with Gasteiger partial charge < -0.3 is 4.98 Å². The monoisotopic (exact) mass is 336 g/mol. The molecule has 0 fully saturated rings. The van der Waals surface area contributed by atoms with Crippen molar-refractivity contribution in [2.24, 2.45) is 0 Å². The number of hydrogen-bond donors (Lipinski definition) is 1. The number of aromatic amines is 1. The highest BCUT2D eigenvalue weighted by atomic mass is 35.5. The third-order valence-electron chi connectivity index (χ3n) is 3.12. The zero-order valence-corrected chi connectivity index (χ0v) is 12.9. The lowest BCUT2D eigenvalue weighted by atomic mass is 10.2. The Morgan fingerprint density at radius 3 is 2.59 bits per heavy atom. The van der Waals surface area contributed by atoms with E-state index in [4.69, 9.17) is 11.6 Å². The molecule has 0 aliphatic rings. The van der Waals surface area contributed by atoms with Crippen LogP contribution in [0.4, 0.5) is 8.78 Å². The van der Waals surface area contributed by atoms with Crippen molar-refractivity contribution in [3.63, 3.8) is 0 Å². The number of rotatable bonds is 4. The molecule has 0 unspecified atom stereocenters. The average molecular weight is 337 g/mol. The van der Waals surface area contributed by atoms with E-state index in [2.05, 4.69) is 9.97 Å². The fourth-order valence-corrected chi connectivity index (χ4v) is 3.16. The molecule has 1 N–H and O–H groups in total. The minimum Gasteiger partial charge on any atom is -0.333 e. The molecule has 3 rings (SSSR count). The highest BCUT2D eigenvalue weighted by Crippen LogP contribution is 2.28. The normalized spacial score (nSPS) is 10.9. The topological polar surface area (TPSA) is 28.7 Å². The van der Waals surface area contributed by atoms with Gasteiger partial charge in [0.2, 0.25) is 0 Å². The van der Waals surface area contributed by atoms with Crippen LogP contribution < -0.4 is 0 Å². The third kappa shape index (κ3) is 3.31. The van der Waals surface area contributed by atoms with Crippen molar-refractivity contribution in [1.82, 2.24) is 9.97 Å². The highest BCUT2D eigenvalue weighted by Gasteiger charge is 2.09. The number of nitrogens with one attached hydrogen (secondary N) is 1. The van der Waals surface area contributed by atoms with E-state index in [1.54, 1.807) is 30.5 Å². The summed E-state index contributed by atoms with van der Waals surface area (Å²) in [5.41, 5.74) is 2.07. The molecule has 0 saturated carbocycles. The summed E-state index contributed by atoms with van der Waals surface area (Å²) in [7, 11) is 0. The fraction of sp³-hybridized carbons (Fsp3) is 0.0625. The van der Waals surface area contributed by atoms with Crippen LogP contribution in [0.5, 0.6) is 0 Å². The van der Waals surface area contributed by atoms with Crippen molar-refractivity contribution < 1.29 is 8.78 Å². The molecular weight excluding hydrogens is 326 g/mol.